The molecule has 98 valence electrons. The second kappa shape index (κ2) is 5.54. The number of rotatable bonds is 4. The molecule has 5 nitrogen and oxygen atoms in total. The van der Waals surface area contributed by atoms with Gasteiger partial charge in [-0.15, -0.1) is 0 Å². The van der Waals surface area contributed by atoms with E-state index in [-0.39, 0.29) is 10.6 Å². The zero-order chi connectivity index (χ0) is 13.1. The molecule has 18 heavy (non-hydrogen) atoms. The Morgan fingerprint density at radius 3 is 3.11 bits per heavy atom. The van der Waals surface area contributed by atoms with Gasteiger partial charge >= 0.3 is 5.97 Å². The summed E-state index contributed by atoms with van der Waals surface area (Å²) >= 11 is 5.76. The lowest BCUT2D eigenvalue weighted by atomic mass is 10.1. The molecule has 0 aliphatic carbocycles. The van der Waals surface area contributed by atoms with Gasteiger partial charge in [0.15, 0.2) is 0 Å². The summed E-state index contributed by atoms with van der Waals surface area (Å²) in [5.41, 5.74) is 0.0812. The number of aromatic carboxylic acids is 1. The summed E-state index contributed by atoms with van der Waals surface area (Å²) in [5.74, 6) is 0.109. The average Bonchev–Trinajstić information content (AvgIpc) is 2.74. The van der Waals surface area contributed by atoms with E-state index in [0.717, 1.165) is 26.1 Å². The van der Waals surface area contributed by atoms with Gasteiger partial charge in [0, 0.05) is 19.3 Å². The maximum atomic E-state index is 10.9. The standard InChI is InChI=1S/C12H16ClN3O2/c1-16-3-2-8(7-16)5-14-11-4-9(12(17)18)10(13)6-15-11/h4,6,8H,2-3,5,7H2,1H3,(H,14,15)(H,17,18). The molecule has 0 spiro atoms. The lowest BCUT2D eigenvalue weighted by Gasteiger charge is -2.12. The smallest absolute Gasteiger partial charge is 0.337 e. The van der Waals surface area contributed by atoms with E-state index >= 15 is 0 Å². The van der Waals surface area contributed by atoms with Crippen molar-refractivity contribution in [1.82, 2.24) is 9.88 Å². The van der Waals surface area contributed by atoms with Crippen molar-refractivity contribution in [2.45, 2.75) is 6.42 Å². The fraction of sp³-hybridized carbons (Fsp3) is 0.500. The summed E-state index contributed by atoms with van der Waals surface area (Å²) in [5, 5.41) is 12.3. The topological polar surface area (TPSA) is 65.5 Å². The van der Waals surface area contributed by atoms with Gasteiger partial charge in [0.05, 0.1) is 10.6 Å². The van der Waals surface area contributed by atoms with Crippen molar-refractivity contribution in [1.29, 1.82) is 0 Å². The number of anilines is 1. The van der Waals surface area contributed by atoms with Gasteiger partial charge in [0.2, 0.25) is 0 Å². The first-order valence-corrected chi connectivity index (χ1v) is 6.25. The molecule has 1 saturated heterocycles. The molecule has 1 fully saturated rings. The van der Waals surface area contributed by atoms with Crippen LogP contribution in [0.3, 0.4) is 0 Å². The minimum absolute atomic E-state index is 0.0812. The van der Waals surface area contributed by atoms with Gasteiger partial charge in [0.1, 0.15) is 5.82 Å². The first-order valence-electron chi connectivity index (χ1n) is 5.87. The van der Waals surface area contributed by atoms with Gasteiger partial charge < -0.3 is 15.3 Å². The fourth-order valence-electron chi connectivity index (χ4n) is 2.14. The third kappa shape index (κ3) is 3.11. The summed E-state index contributed by atoms with van der Waals surface area (Å²) in [6.07, 6.45) is 2.52. The van der Waals surface area contributed by atoms with E-state index in [2.05, 4.69) is 22.2 Å². The molecular weight excluding hydrogens is 254 g/mol. The van der Waals surface area contributed by atoms with Crippen LogP contribution in [0.2, 0.25) is 5.02 Å². The molecule has 0 amide bonds. The predicted molar refractivity (Wildman–Crippen MR) is 70.3 cm³/mol. The molecule has 1 aliphatic heterocycles. The SMILES string of the molecule is CN1CCC(CNc2cc(C(=O)O)c(Cl)cn2)C1. The number of carboxylic acids is 1. The molecular formula is C12H16ClN3O2. The van der Waals surface area contributed by atoms with Crippen LogP contribution in [0.25, 0.3) is 0 Å². The van der Waals surface area contributed by atoms with Crippen molar-refractivity contribution >= 4 is 23.4 Å². The Balaban J connectivity index is 1.97. The van der Waals surface area contributed by atoms with Gasteiger partial charge in [-0.1, -0.05) is 11.6 Å². The lowest BCUT2D eigenvalue weighted by Crippen LogP contribution is -2.19. The van der Waals surface area contributed by atoms with Gasteiger partial charge in [0.25, 0.3) is 0 Å². The van der Waals surface area contributed by atoms with Crippen molar-refractivity contribution in [3.63, 3.8) is 0 Å². The Morgan fingerprint density at radius 2 is 2.50 bits per heavy atom. The molecule has 0 saturated carbocycles. The van der Waals surface area contributed by atoms with E-state index in [9.17, 15) is 4.79 Å². The summed E-state index contributed by atoms with van der Waals surface area (Å²) in [4.78, 5) is 17.3. The summed E-state index contributed by atoms with van der Waals surface area (Å²) in [6, 6.07) is 1.48. The number of aromatic nitrogens is 1. The highest BCUT2D eigenvalue weighted by molar-refractivity contribution is 6.33. The van der Waals surface area contributed by atoms with Crippen molar-refractivity contribution in [3.8, 4) is 0 Å². The zero-order valence-corrected chi connectivity index (χ0v) is 10.9. The van der Waals surface area contributed by atoms with Gasteiger partial charge in [-0.3, -0.25) is 0 Å². The highest BCUT2D eigenvalue weighted by atomic mass is 35.5. The Morgan fingerprint density at radius 1 is 1.72 bits per heavy atom. The average molecular weight is 270 g/mol. The van der Waals surface area contributed by atoms with Crippen LogP contribution in [0.15, 0.2) is 12.3 Å². The van der Waals surface area contributed by atoms with Crippen LogP contribution in [0.4, 0.5) is 5.82 Å². The summed E-state index contributed by atoms with van der Waals surface area (Å²) in [7, 11) is 2.10. The van der Waals surface area contributed by atoms with E-state index in [1.165, 1.54) is 12.3 Å². The number of nitrogens with zero attached hydrogens (tertiary/aromatic N) is 2. The Kier molecular flexibility index (Phi) is 4.04. The minimum atomic E-state index is -1.04. The number of carboxylic acid groups (broad SMARTS) is 1. The largest absolute Gasteiger partial charge is 0.478 e. The molecule has 0 aromatic carbocycles. The number of pyridine rings is 1. The number of hydrogen-bond donors (Lipinski definition) is 2. The highest BCUT2D eigenvalue weighted by Gasteiger charge is 2.19. The Labute approximate surface area is 111 Å². The van der Waals surface area contributed by atoms with Crippen LogP contribution in [0.1, 0.15) is 16.8 Å². The first kappa shape index (κ1) is 13.1. The minimum Gasteiger partial charge on any atom is -0.478 e. The number of hydrogen-bond acceptors (Lipinski definition) is 4. The second-order valence-electron chi connectivity index (χ2n) is 4.65. The molecule has 1 aliphatic rings. The van der Waals surface area contributed by atoms with Crippen molar-refractivity contribution in [3.05, 3.63) is 22.8 Å². The van der Waals surface area contributed by atoms with E-state index in [4.69, 9.17) is 16.7 Å². The van der Waals surface area contributed by atoms with E-state index in [0.29, 0.717) is 11.7 Å². The maximum Gasteiger partial charge on any atom is 0.337 e. The van der Waals surface area contributed by atoms with E-state index in [1.807, 2.05) is 0 Å². The van der Waals surface area contributed by atoms with Crippen molar-refractivity contribution in [2.24, 2.45) is 5.92 Å². The Hall–Kier alpha value is -1.33. The first-order chi connectivity index (χ1) is 8.56. The summed E-state index contributed by atoms with van der Waals surface area (Å²) < 4.78 is 0. The fourth-order valence-corrected chi connectivity index (χ4v) is 2.33. The molecule has 0 radical (unpaired) electrons. The van der Waals surface area contributed by atoms with Crippen molar-refractivity contribution in [2.75, 3.05) is 32.0 Å². The number of halogens is 1. The van der Waals surface area contributed by atoms with Crippen LogP contribution >= 0.6 is 11.6 Å². The van der Waals surface area contributed by atoms with Gasteiger partial charge in [-0.25, -0.2) is 9.78 Å². The molecule has 0 bridgehead atoms. The molecule has 2 heterocycles. The molecule has 6 heteroatoms. The number of likely N-dealkylation sites (tertiary alicyclic amines) is 1. The Bertz CT molecular complexity index is 453. The maximum absolute atomic E-state index is 10.9. The predicted octanol–water partition coefficient (Wildman–Crippen LogP) is 1.80. The van der Waals surface area contributed by atoms with Crippen LogP contribution < -0.4 is 5.32 Å². The molecule has 1 atom stereocenters. The molecule has 1 aromatic heterocycles. The van der Waals surface area contributed by atoms with E-state index < -0.39 is 5.97 Å². The van der Waals surface area contributed by atoms with Gasteiger partial charge in [-0.2, -0.15) is 0 Å². The normalized spacial score (nSPS) is 20.0. The van der Waals surface area contributed by atoms with Crippen LogP contribution in [0, 0.1) is 5.92 Å². The zero-order valence-electron chi connectivity index (χ0n) is 10.2. The summed E-state index contributed by atoms with van der Waals surface area (Å²) in [6.45, 7) is 2.98. The van der Waals surface area contributed by atoms with E-state index in [1.54, 1.807) is 0 Å². The van der Waals surface area contributed by atoms with Crippen LogP contribution in [0.5, 0.6) is 0 Å². The molecule has 1 aromatic rings. The number of nitrogens with one attached hydrogen (secondary N) is 1. The lowest BCUT2D eigenvalue weighted by molar-refractivity contribution is 0.0697. The quantitative estimate of drug-likeness (QED) is 0.873. The molecule has 2 rings (SSSR count). The molecule has 2 N–H and O–H groups in total. The molecule has 1 unspecified atom stereocenters. The highest BCUT2D eigenvalue weighted by Crippen LogP contribution is 2.19. The van der Waals surface area contributed by atoms with Crippen LogP contribution in [-0.4, -0.2) is 47.6 Å². The number of carbonyl (C=O) groups is 1. The van der Waals surface area contributed by atoms with Gasteiger partial charge in [-0.05, 0) is 32.0 Å². The van der Waals surface area contributed by atoms with Crippen LogP contribution in [-0.2, 0) is 0 Å². The van der Waals surface area contributed by atoms with Crippen molar-refractivity contribution < 1.29 is 9.90 Å². The third-order valence-electron chi connectivity index (χ3n) is 3.15. The third-order valence-corrected chi connectivity index (χ3v) is 3.45. The monoisotopic (exact) mass is 269 g/mol. The second-order valence-corrected chi connectivity index (χ2v) is 5.06.